The summed E-state index contributed by atoms with van der Waals surface area (Å²) in [6, 6.07) is 10.7. The lowest BCUT2D eigenvalue weighted by molar-refractivity contribution is 0.277. The second-order valence-electron chi connectivity index (χ2n) is 8.64. The lowest BCUT2D eigenvalue weighted by Crippen LogP contribution is -2.43. The topological polar surface area (TPSA) is 92.1 Å². The zero-order chi connectivity index (χ0) is 20.8. The van der Waals surface area contributed by atoms with Gasteiger partial charge in [-0.3, -0.25) is 0 Å². The molecule has 1 fully saturated rings. The number of allylic oxidation sites excluding steroid dienone is 1. The molecule has 0 amide bonds. The van der Waals surface area contributed by atoms with E-state index < -0.39 is 0 Å². The number of piperazine rings is 1. The zero-order valence-electron chi connectivity index (χ0n) is 17.5. The van der Waals surface area contributed by atoms with Gasteiger partial charge in [0.25, 0.3) is 0 Å². The summed E-state index contributed by atoms with van der Waals surface area (Å²) < 4.78 is 7.77. The first-order chi connectivity index (χ1) is 13.8. The summed E-state index contributed by atoms with van der Waals surface area (Å²) in [5.74, 6) is 0.501. The summed E-state index contributed by atoms with van der Waals surface area (Å²) >= 11 is 0. The average Bonchev–Trinajstić information content (AvgIpc) is 3.04. The molecule has 1 unspecified atom stereocenters. The molecule has 1 aromatic carbocycles. The molecule has 4 rings (SSSR count). The van der Waals surface area contributed by atoms with Crippen LogP contribution in [0.4, 0.5) is 5.69 Å². The standard InChI is InChI=1S/C22H28N6O/c1-14-18-19(15-5-7-16(8-6-15)27-11-9-25-10-12-27)17(13-23)20(24)29-21(18)28(26-14)22(2,3)4/h5-8,19,25H,9-12,24H2,1-4H3. The fraction of sp³-hybridized carbons (Fsp3) is 0.455. The van der Waals surface area contributed by atoms with Crippen LogP contribution in [0.2, 0.25) is 0 Å². The molecule has 1 saturated heterocycles. The number of hydrogen-bond acceptors (Lipinski definition) is 6. The molecular weight excluding hydrogens is 364 g/mol. The predicted molar refractivity (Wildman–Crippen MR) is 113 cm³/mol. The first kappa shape index (κ1) is 19.3. The van der Waals surface area contributed by atoms with Crippen molar-refractivity contribution < 1.29 is 4.74 Å². The number of ether oxygens (including phenoxy) is 1. The number of nitrogens with two attached hydrogens (primary N) is 1. The highest BCUT2D eigenvalue weighted by Crippen LogP contribution is 2.45. The molecule has 0 spiro atoms. The minimum Gasteiger partial charge on any atom is -0.422 e. The second-order valence-corrected chi connectivity index (χ2v) is 8.64. The van der Waals surface area contributed by atoms with E-state index in [1.165, 1.54) is 5.69 Å². The van der Waals surface area contributed by atoms with Gasteiger partial charge in [-0.15, -0.1) is 0 Å². The van der Waals surface area contributed by atoms with E-state index in [4.69, 9.17) is 15.6 Å². The third-order valence-electron chi connectivity index (χ3n) is 5.58. The summed E-state index contributed by atoms with van der Waals surface area (Å²) in [4.78, 5) is 2.37. The second kappa shape index (κ2) is 7.12. The SMILES string of the molecule is Cc1nn(C(C)(C)C)c2c1C(c1ccc(N3CCNCC3)cc1)C(C#N)=C(N)O2. The van der Waals surface area contributed by atoms with E-state index in [9.17, 15) is 5.26 Å². The Bertz CT molecular complexity index is 984. The van der Waals surface area contributed by atoms with Crippen molar-refractivity contribution in [2.75, 3.05) is 31.1 Å². The third-order valence-corrected chi connectivity index (χ3v) is 5.58. The van der Waals surface area contributed by atoms with Crippen molar-refractivity contribution in [2.45, 2.75) is 39.2 Å². The number of anilines is 1. The molecule has 2 aliphatic rings. The van der Waals surface area contributed by atoms with Gasteiger partial charge in [0.15, 0.2) is 0 Å². The molecule has 29 heavy (non-hydrogen) atoms. The lowest BCUT2D eigenvalue weighted by atomic mass is 9.84. The van der Waals surface area contributed by atoms with Crippen LogP contribution in [-0.2, 0) is 5.54 Å². The molecule has 7 nitrogen and oxygen atoms in total. The van der Waals surface area contributed by atoms with E-state index in [0.29, 0.717) is 11.5 Å². The number of benzene rings is 1. The number of rotatable bonds is 2. The average molecular weight is 393 g/mol. The normalized spacial score (nSPS) is 19.6. The number of nitrogens with one attached hydrogen (secondary N) is 1. The Morgan fingerprint density at radius 3 is 2.45 bits per heavy atom. The van der Waals surface area contributed by atoms with Crippen LogP contribution in [-0.4, -0.2) is 36.0 Å². The van der Waals surface area contributed by atoms with Crippen molar-refractivity contribution in [2.24, 2.45) is 5.73 Å². The molecule has 3 heterocycles. The maximum Gasteiger partial charge on any atom is 0.224 e. The molecule has 0 saturated carbocycles. The number of hydrogen-bond donors (Lipinski definition) is 2. The van der Waals surface area contributed by atoms with E-state index in [0.717, 1.165) is 43.0 Å². The molecule has 152 valence electrons. The van der Waals surface area contributed by atoms with Gasteiger partial charge in [0, 0.05) is 31.9 Å². The number of nitrogens with zero attached hydrogens (tertiary/aromatic N) is 4. The summed E-state index contributed by atoms with van der Waals surface area (Å²) in [7, 11) is 0. The molecule has 7 heteroatoms. The van der Waals surface area contributed by atoms with E-state index in [-0.39, 0.29) is 17.3 Å². The van der Waals surface area contributed by atoms with Crippen LogP contribution in [0, 0.1) is 18.3 Å². The minimum atomic E-state index is -0.281. The molecule has 0 radical (unpaired) electrons. The molecule has 2 aliphatic heterocycles. The van der Waals surface area contributed by atoms with Crippen LogP contribution in [0.5, 0.6) is 5.88 Å². The van der Waals surface area contributed by atoms with Crippen molar-refractivity contribution in [3.8, 4) is 11.9 Å². The summed E-state index contributed by atoms with van der Waals surface area (Å²) in [5.41, 5.74) is 10.3. The Morgan fingerprint density at radius 1 is 1.21 bits per heavy atom. The van der Waals surface area contributed by atoms with Crippen molar-refractivity contribution >= 4 is 5.69 Å². The van der Waals surface area contributed by atoms with Gasteiger partial charge in [-0.2, -0.15) is 10.4 Å². The fourth-order valence-electron chi connectivity index (χ4n) is 4.10. The van der Waals surface area contributed by atoms with Crippen molar-refractivity contribution in [3.05, 3.63) is 52.5 Å². The molecule has 1 aromatic heterocycles. The van der Waals surface area contributed by atoms with Gasteiger partial charge in [0.2, 0.25) is 11.8 Å². The number of aryl methyl sites for hydroxylation is 1. The van der Waals surface area contributed by atoms with Crippen molar-refractivity contribution in [1.29, 1.82) is 5.26 Å². The van der Waals surface area contributed by atoms with E-state index in [1.54, 1.807) is 0 Å². The van der Waals surface area contributed by atoms with Crippen LogP contribution < -0.4 is 20.7 Å². The van der Waals surface area contributed by atoms with Crippen LogP contribution >= 0.6 is 0 Å². The largest absolute Gasteiger partial charge is 0.422 e. The molecule has 3 N–H and O–H groups in total. The van der Waals surface area contributed by atoms with E-state index in [1.807, 2.05) is 11.6 Å². The Kier molecular flexibility index (Phi) is 4.75. The van der Waals surface area contributed by atoms with Gasteiger partial charge in [-0.05, 0) is 45.4 Å². The Hall–Kier alpha value is -2.98. The fourth-order valence-corrected chi connectivity index (χ4v) is 4.10. The van der Waals surface area contributed by atoms with Gasteiger partial charge in [-0.25, -0.2) is 4.68 Å². The third kappa shape index (κ3) is 3.34. The van der Waals surface area contributed by atoms with Gasteiger partial charge in [0.05, 0.1) is 22.7 Å². The Morgan fingerprint density at radius 2 is 1.86 bits per heavy atom. The maximum absolute atomic E-state index is 9.82. The van der Waals surface area contributed by atoms with Crippen LogP contribution in [0.25, 0.3) is 0 Å². The summed E-state index contributed by atoms with van der Waals surface area (Å²) in [6.45, 7) is 12.1. The first-order valence-corrected chi connectivity index (χ1v) is 10.0. The number of fused-ring (bicyclic) bond motifs is 1. The molecule has 0 aliphatic carbocycles. The quantitative estimate of drug-likeness (QED) is 0.816. The summed E-state index contributed by atoms with van der Waals surface area (Å²) in [5, 5.41) is 17.9. The highest BCUT2D eigenvalue weighted by atomic mass is 16.5. The summed E-state index contributed by atoms with van der Waals surface area (Å²) in [6.07, 6.45) is 0. The van der Waals surface area contributed by atoms with Gasteiger partial charge in [0.1, 0.15) is 11.6 Å². The zero-order valence-corrected chi connectivity index (χ0v) is 17.5. The minimum absolute atomic E-state index is 0.154. The lowest BCUT2D eigenvalue weighted by Gasteiger charge is -2.30. The smallest absolute Gasteiger partial charge is 0.224 e. The highest BCUT2D eigenvalue weighted by molar-refractivity contribution is 5.58. The van der Waals surface area contributed by atoms with Gasteiger partial charge < -0.3 is 20.7 Å². The monoisotopic (exact) mass is 392 g/mol. The molecule has 2 aromatic rings. The van der Waals surface area contributed by atoms with Gasteiger partial charge >= 0.3 is 0 Å². The van der Waals surface area contributed by atoms with Crippen LogP contribution in [0.1, 0.15) is 43.5 Å². The van der Waals surface area contributed by atoms with Crippen LogP contribution in [0.3, 0.4) is 0 Å². The van der Waals surface area contributed by atoms with Crippen LogP contribution in [0.15, 0.2) is 35.7 Å². The first-order valence-electron chi connectivity index (χ1n) is 10.0. The van der Waals surface area contributed by atoms with E-state index in [2.05, 4.69) is 61.3 Å². The van der Waals surface area contributed by atoms with Crippen molar-refractivity contribution in [3.63, 3.8) is 0 Å². The number of aromatic nitrogens is 2. The molecular formula is C22H28N6O. The Labute approximate surface area is 171 Å². The van der Waals surface area contributed by atoms with Crippen molar-refractivity contribution in [1.82, 2.24) is 15.1 Å². The number of nitriles is 1. The van der Waals surface area contributed by atoms with Gasteiger partial charge in [-0.1, -0.05) is 12.1 Å². The maximum atomic E-state index is 9.82. The predicted octanol–water partition coefficient (Wildman–Crippen LogP) is 2.57. The Balaban J connectivity index is 1.79. The molecule has 0 bridgehead atoms. The highest BCUT2D eigenvalue weighted by Gasteiger charge is 2.37. The molecule has 1 atom stereocenters. The van der Waals surface area contributed by atoms with E-state index >= 15 is 0 Å².